The van der Waals surface area contributed by atoms with Crippen molar-refractivity contribution in [1.82, 2.24) is 21.1 Å². The van der Waals surface area contributed by atoms with Crippen LogP contribution in [0.5, 0.6) is 0 Å². The van der Waals surface area contributed by atoms with Gasteiger partial charge in [-0.2, -0.15) is 0 Å². The molecule has 0 bridgehead atoms. The van der Waals surface area contributed by atoms with Gasteiger partial charge < -0.3 is 15.4 Å². The van der Waals surface area contributed by atoms with Gasteiger partial charge in [0.05, 0.1) is 0 Å². The minimum absolute atomic E-state index is 0.0290. The van der Waals surface area contributed by atoms with Crippen LogP contribution in [0.4, 0.5) is 4.79 Å². The molecule has 4 amide bonds. The van der Waals surface area contributed by atoms with Crippen molar-refractivity contribution in [2.75, 3.05) is 6.54 Å². The Bertz CT molecular complexity index is 1430. The molecule has 0 saturated carbocycles. The van der Waals surface area contributed by atoms with Crippen LogP contribution in [0.3, 0.4) is 0 Å². The van der Waals surface area contributed by atoms with Gasteiger partial charge in [0.15, 0.2) is 0 Å². The smallest absolute Gasteiger partial charge is 0.408 e. The van der Waals surface area contributed by atoms with E-state index in [1.807, 2.05) is 94.4 Å². The lowest BCUT2D eigenvalue weighted by molar-refractivity contribution is -0.150. The fourth-order valence-corrected chi connectivity index (χ4v) is 4.70. The summed E-state index contributed by atoms with van der Waals surface area (Å²) >= 11 is 0. The van der Waals surface area contributed by atoms with Gasteiger partial charge in [0.2, 0.25) is 11.7 Å². The molecule has 10 nitrogen and oxygen atoms in total. The molecule has 46 heavy (non-hydrogen) atoms. The maximum absolute atomic E-state index is 13.7. The number of nitrogens with zero attached hydrogens (tertiary/aromatic N) is 1. The highest BCUT2D eigenvalue weighted by atomic mass is 16.5. The van der Waals surface area contributed by atoms with Crippen LogP contribution in [-0.4, -0.2) is 53.2 Å². The van der Waals surface area contributed by atoms with Crippen molar-refractivity contribution < 1.29 is 28.7 Å². The molecular formula is C36H44N4O6. The molecule has 0 heterocycles. The average molecular weight is 629 g/mol. The summed E-state index contributed by atoms with van der Waals surface area (Å²) in [4.78, 5) is 66.2. The number of carbonyl (C=O) groups is 5. The molecule has 0 aliphatic heterocycles. The molecule has 0 spiro atoms. The number of hydrogen-bond acceptors (Lipinski definition) is 6. The third-order valence-electron chi connectivity index (χ3n) is 6.93. The molecule has 0 aliphatic rings. The normalized spacial score (nSPS) is 12.1. The monoisotopic (exact) mass is 628 g/mol. The lowest BCUT2D eigenvalue weighted by Crippen LogP contribution is -2.59. The first kappa shape index (κ1) is 35.5. The van der Waals surface area contributed by atoms with Crippen molar-refractivity contribution in [2.24, 2.45) is 11.8 Å². The van der Waals surface area contributed by atoms with Crippen molar-refractivity contribution in [3.63, 3.8) is 0 Å². The quantitative estimate of drug-likeness (QED) is 0.169. The largest absolute Gasteiger partial charge is 0.445 e. The van der Waals surface area contributed by atoms with Crippen LogP contribution in [0.25, 0.3) is 0 Å². The summed E-state index contributed by atoms with van der Waals surface area (Å²) in [6.45, 7) is 7.65. The minimum atomic E-state index is -1.13. The lowest BCUT2D eigenvalue weighted by Gasteiger charge is -2.28. The van der Waals surface area contributed by atoms with Crippen LogP contribution in [0.15, 0.2) is 91.0 Å². The van der Waals surface area contributed by atoms with Gasteiger partial charge in [0.25, 0.3) is 5.91 Å². The van der Waals surface area contributed by atoms with E-state index in [-0.39, 0.29) is 44.2 Å². The number of benzene rings is 3. The van der Waals surface area contributed by atoms with Gasteiger partial charge in [-0.15, -0.1) is 0 Å². The van der Waals surface area contributed by atoms with E-state index in [0.717, 1.165) is 16.1 Å². The highest BCUT2D eigenvalue weighted by Crippen LogP contribution is 2.10. The standard InChI is InChI=1S/C36H44N4O6/c1-25(2)20-30(38-36(45)46-24-29-18-12-7-13-19-29)33(42)37-31(21-27-14-8-5-9-15-27)34(43)39-40(23-26(3)4)35(44)32(41)22-28-16-10-6-11-17-28/h5-19,25-26,30-31H,20-24H2,1-4H3,(H,37,42)(H,38,45)(H,39,43)/t30?,31-/m0/s1. The third kappa shape index (κ3) is 12.2. The van der Waals surface area contributed by atoms with Crippen molar-refractivity contribution in [2.45, 2.75) is 65.6 Å². The number of carbonyl (C=O) groups excluding carboxylic acids is 5. The van der Waals surface area contributed by atoms with Gasteiger partial charge in [0, 0.05) is 19.4 Å². The number of ketones is 1. The van der Waals surface area contributed by atoms with E-state index < -0.39 is 41.7 Å². The maximum atomic E-state index is 13.7. The van der Waals surface area contributed by atoms with Crippen LogP contribution in [0.1, 0.15) is 50.8 Å². The highest BCUT2D eigenvalue weighted by Gasteiger charge is 2.31. The summed E-state index contributed by atoms with van der Waals surface area (Å²) in [5.41, 5.74) is 4.83. The Hall–Kier alpha value is -4.99. The first-order valence-corrected chi connectivity index (χ1v) is 15.5. The van der Waals surface area contributed by atoms with Crippen LogP contribution in [0, 0.1) is 11.8 Å². The maximum Gasteiger partial charge on any atom is 0.408 e. The number of hydrogen-bond donors (Lipinski definition) is 3. The van der Waals surface area contributed by atoms with E-state index in [1.165, 1.54) is 0 Å². The molecule has 0 aliphatic carbocycles. The van der Waals surface area contributed by atoms with Crippen molar-refractivity contribution in [1.29, 1.82) is 0 Å². The van der Waals surface area contributed by atoms with Gasteiger partial charge in [0.1, 0.15) is 18.7 Å². The first-order chi connectivity index (χ1) is 22.0. The lowest BCUT2D eigenvalue weighted by atomic mass is 10.0. The SMILES string of the molecule is CC(C)CC(NC(=O)OCc1ccccc1)C(=O)N[C@@H](Cc1ccccc1)C(=O)NN(CC(C)C)C(=O)C(=O)Cc1ccccc1. The average Bonchev–Trinajstić information content (AvgIpc) is 3.03. The first-order valence-electron chi connectivity index (χ1n) is 15.5. The van der Waals surface area contributed by atoms with Crippen LogP contribution >= 0.6 is 0 Å². The zero-order valence-electron chi connectivity index (χ0n) is 26.9. The van der Waals surface area contributed by atoms with E-state index in [1.54, 1.807) is 24.3 Å². The zero-order chi connectivity index (χ0) is 33.5. The van der Waals surface area contributed by atoms with E-state index >= 15 is 0 Å². The Balaban J connectivity index is 1.76. The molecule has 1 unspecified atom stereocenters. The molecule has 3 N–H and O–H groups in total. The Labute approximate surface area is 270 Å². The van der Waals surface area contributed by atoms with Gasteiger partial charge in [-0.05, 0) is 34.9 Å². The van der Waals surface area contributed by atoms with E-state index in [0.29, 0.717) is 5.56 Å². The van der Waals surface area contributed by atoms with E-state index in [2.05, 4.69) is 16.1 Å². The molecule has 10 heteroatoms. The number of nitrogens with one attached hydrogen (secondary N) is 3. The second-order valence-electron chi connectivity index (χ2n) is 12.0. The molecule has 2 atom stereocenters. The number of rotatable bonds is 15. The molecule has 0 aromatic heterocycles. The molecule has 3 aromatic carbocycles. The second kappa shape index (κ2) is 18.1. The van der Waals surface area contributed by atoms with E-state index in [4.69, 9.17) is 4.74 Å². The second-order valence-corrected chi connectivity index (χ2v) is 12.0. The van der Waals surface area contributed by atoms with Crippen LogP contribution < -0.4 is 16.1 Å². The fraction of sp³-hybridized carbons (Fsp3) is 0.361. The minimum Gasteiger partial charge on any atom is -0.445 e. The van der Waals surface area contributed by atoms with Gasteiger partial charge in [-0.25, -0.2) is 9.80 Å². The molecule has 244 valence electrons. The summed E-state index contributed by atoms with van der Waals surface area (Å²) in [5, 5.41) is 6.43. The summed E-state index contributed by atoms with van der Waals surface area (Å²) in [7, 11) is 0. The summed E-state index contributed by atoms with van der Waals surface area (Å²) in [6.07, 6.45) is -0.485. The van der Waals surface area contributed by atoms with Crippen molar-refractivity contribution in [3.05, 3.63) is 108 Å². The molecule has 0 saturated heterocycles. The Morgan fingerprint density at radius 2 is 1.20 bits per heavy atom. The summed E-state index contributed by atoms with van der Waals surface area (Å²) < 4.78 is 5.33. The molecule has 0 radical (unpaired) electrons. The zero-order valence-corrected chi connectivity index (χ0v) is 26.9. The predicted octanol–water partition coefficient (Wildman–Crippen LogP) is 4.38. The van der Waals surface area contributed by atoms with Gasteiger partial charge in [-0.1, -0.05) is 119 Å². The molecule has 3 aromatic rings. The van der Waals surface area contributed by atoms with Crippen LogP contribution in [0.2, 0.25) is 0 Å². The number of ether oxygens (including phenoxy) is 1. The summed E-state index contributed by atoms with van der Waals surface area (Å²) in [5.74, 6) is -2.82. The fourth-order valence-electron chi connectivity index (χ4n) is 4.70. The Morgan fingerprint density at radius 3 is 1.74 bits per heavy atom. The number of Topliss-reactive ketones (excluding diaryl/α,β-unsaturated/α-hetero) is 1. The molecule has 3 rings (SSSR count). The molecule has 0 fully saturated rings. The number of amides is 4. The van der Waals surface area contributed by atoms with Crippen molar-refractivity contribution >= 4 is 29.6 Å². The predicted molar refractivity (Wildman–Crippen MR) is 175 cm³/mol. The Morgan fingerprint density at radius 1 is 0.652 bits per heavy atom. The van der Waals surface area contributed by atoms with E-state index in [9.17, 15) is 24.0 Å². The third-order valence-corrected chi connectivity index (χ3v) is 6.93. The Kier molecular flexibility index (Phi) is 14.0. The number of alkyl carbamates (subject to hydrolysis) is 1. The highest BCUT2D eigenvalue weighted by molar-refractivity contribution is 6.36. The number of hydrazine groups is 1. The summed E-state index contributed by atoms with van der Waals surface area (Å²) in [6, 6.07) is 25.0. The van der Waals surface area contributed by atoms with Crippen molar-refractivity contribution in [3.8, 4) is 0 Å². The molecular weight excluding hydrogens is 584 g/mol. The van der Waals surface area contributed by atoms with Crippen LogP contribution in [-0.2, 0) is 43.4 Å². The van der Waals surface area contributed by atoms with Gasteiger partial charge >= 0.3 is 12.0 Å². The topological polar surface area (TPSA) is 134 Å². The van der Waals surface area contributed by atoms with Gasteiger partial charge in [-0.3, -0.25) is 24.6 Å².